The molecule has 10 heteroatoms. The van der Waals surface area contributed by atoms with Crippen LogP contribution in [-0.2, 0) is 22.7 Å². The summed E-state index contributed by atoms with van der Waals surface area (Å²) in [5.41, 5.74) is 8.29. The van der Waals surface area contributed by atoms with Gasteiger partial charge in [-0.05, 0) is 42.9 Å². The minimum atomic E-state index is -0.611. The number of aromatic nitrogens is 3. The normalized spacial score (nSPS) is 10.5. The fraction of sp³-hybridized carbons (Fsp3) is 0.227. The number of aromatic amines is 1. The number of nitrogens with one attached hydrogen (secondary N) is 3. The summed E-state index contributed by atoms with van der Waals surface area (Å²) in [5.74, 6) is -0.440. The van der Waals surface area contributed by atoms with Crippen LogP contribution in [0.5, 0.6) is 0 Å². The first kappa shape index (κ1) is 22.9. The van der Waals surface area contributed by atoms with Crippen molar-refractivity contribution in [3.05, 3.63) is 70.0 Å². The Labute approximate surface area is 190 Å². The van der Waals surface area contributed by atoms with Crippen LogP contribution in [0.4, 0.5) is 0 Å². The monoisotopic (exact) mass is 452 g/mol. The molecular formula is C22H24N6O3S. The van der Waals surface area contributed by atoms with Crippen LogP contribution in [0.1, 0.15) is 27.9 Å². The van der Waals surface area contributed by atoms with Crippen molar-refractivity contribution >= 4 is 29.9 Å². The Morgan fingerprint density at radius 1 is 1.12 bits per heavy atom. The van der Waals surface area contributed by atoms with E-state index in [0.717, 1.165) is 16.7 Å². The van der Waals surface area contributed by atoms with Crippen molar-refractivity contribution in [1.29, 1.82) is 0 Å². The summed E-state index contributed by atoms with van der Waals surface area (Å²) in [6, 6.07) is 14.6. The summed E-state index contributed by atoms with van der Waals surface area (Å²) in [6.07, 6.45) is 0.236. The Morgan fingerprint density at radius 3 is 2.56 bits per heavy atom. The van der Waals surface area contributed by atoms with Crippen LogP contribution in [0, 0.1) is 11.7 Å². The van der Waals surface area contributed by atoms with Crippen molar-refractivity contribution < 1.29 is 14.4 Å². The average molecular weight is 453 g/mol. The zero-order valence-electron chi connectivity index (χ0n) is 17.6. The number of aryl methyl sites for hydroxylation is 1. The van der Waals surface area contributed by atoms with Gasteiger partial charge < -0.3 is 16.4 Å². The highest BCUT2D eigenvalue weighted by atomic mass is 32.1. The molecule has 0 spiro atoms. The predicted octanol–water partition coefficient (Wildman–Crippen LogP) is 1.84. The molecule has 2 aromatic carbocycles. The molecule has 0 aliphatic carbocycles. The topological polar surface area (TPSA) is 135 Å². The summed E-state index contributed by atoms with van der Waals surface area (Å²) < 4.78 is 2.27. The molecule has 0 aliphatic rings. The third kappa shape index (κ3) is 6.11. The van der Waals surface area contributed by atoms with Crippen LogP contribution in [0.25, 0.3) is 11.4 Å². The van der Waals surface area contributed by atoms with E-state index < -0.39 is 5.91 Å². The first-order valence-corrected chi connectivity index (χ1v) is 10.4. The second-order valence-electron chi connectivity index (χ2n) is 7.25. The van der Waals surface area contributed by atoms with E-state index >= 15 is 0 Å². The third-order valence-electron chi connectivity index (χ3n) is 4.73. The largest absolute Gasteiger partial charge is 0.368 e. The van der Waals surface area contributed by atoms with Gasteiger partial charge in [0.1, 0.15) is 0 Å². The van der Waals surface area contributed by atoms with Gasteiger partial charge in [-0.15, -0.1) is 0 Å². The maximum atomic E-state index is 12.4. The molecule has 5 N–H and O–H groups in total. The zero-order valence-corrected chi connectivity index (χ0v) is 18.4. The lowest BCUT2D eigenvalue weighted by Crippen LogP contribution is -2.33. The Kier molecular flexibility index (Phi) is 7.50. The van der Waals surface area contributed by atoms with Gasteiger partial charge in [0.2, 0.25) is 11.8 Å². The van der Waals surface area contributed by atoms with Crippen LogP contribution in [0.3, 0.4) is 0 Å². The van der Waals surface area contributed by atoms with Crippen LogP contribution in [-0.4, -0.2) is 39.0 Å². The summed E-state index contributed by atoms with van der Waals surface area (Å²) >= 11 is 5.32. The van der Waals surface area contributed by atoms with Crippen LogP contribution in [0.15, 0.2) is 48.5 Å². The third-order valence-corrected chi connectivity index (χ3v) is 5.04. The first-order valence-electron chi connectivity index (χ1n) is 9.98. The molecule has 1 heterocycles. The summed E-state index contributed by atoms with van der Waals surface area (Å²) in [6.45, 7) is 2.50. The molecule has 0 fully saturated rings. The Bertz CT molecular complexity index is 1180. The number of nitrogens with zero attached hydrogens (tertiary/aromatic N) is 2. The van der Waals surface area contributed by atoms with E-state index in [1.165, 1.54) is 0 Å². The number of nitrogens with two attached hydrogens (primary N) is 1. The maximum Gasteiger partial charge on any atom is 0.251 e. The Hall–Kier alpha value is -3.79. The highest BCUT2D eigenvalue weighted by molar-refractivity contribution is 7.71. The highest BCUT2D eigenvalue weighted by Gasteiger charge is 2.11. The van der Waals surface area contributed by atoms with E-state index in [-0.39, 0.29) is 24.8 Å². The molecule has 32 heavy (non-hydrogen) atoms. The SMILES string of the molecule is Cc1cccc(-c2n[nH]c(=S)n2CCC(=O)NCc2ccc(C(=O)NCC(N)=O)cc2)c1. The minimum absolute atomic E-state index is 0.133. The number of rotatable bonds is 9. The van der Waals surface area contributed by atoms with Gasteiger partial charge >= 0.3 is 0 Å². The average Bonchev–Trinajstić information content (AvgIpc) is 3.15. The number of hydrogen-bond donors (Lipinski definition) is 4. The van der Waals surface area contributed by atoms with Crippen LogP contribution < -0.4 is 16.4 Å². The van der Waals surface area contributed by atoms with Crippen molar-refractivity contribution in [2.75, 3.05) is 6.54 Å². The molecule has 0 aliphatic heterocycles. The molecule has 9 nitrogen and oxygen atoms in total. The van der Waals surface area contributed by atoms with Gasteiger partial charge in [0, 0.05) is 30.6 Å². The highest BCUT2D eigenvalue weighted by Crippen LogP contribution is 2.18. The van der Waals surface area contributed by atoms with Crippen molar-refractivity contribution in [2.24, 2.45) is 5.73 Å². The molecule has 0 bridgehead atoms. The molecule has 0 saturated carbocycles. The minimum Gasteiger partial charge on any atom is -0.368 e. The van der Waals surface area contributed by atoms with E-state index in [2.05, 4.69) is 20.8 Å². The molecule has 0 saturated heterocycles. The standard InChI is InChI=1S/C22H24N6O3S/c1-14-3-2-4-17(11-14)20-26-27-22(32)28(20)10-9-19(30)24-12-15-5-7-16(8-6-15)21(31)25-13-18(23)29/h2-8,11H,9-10,12-13H2,1H3,(H2,23,29)(H,24,30)(H,25,31)(H,27,32). The zero-order chi connectivity index (χ0) is 23.1. The van der Waals surface area contributed by atoms with E-state index in [0.29, 0.717) is 29.2 Å². The van der Waals surface area contributed by atoms with E-state index in [1.54, 1.807) is 24.3 Å². The molecule has 0 unspecified atom stereocenters. The summed E-state index contributed by atoms with van der Waals surface area (Å²) in [4.78, 5) is 35.0. The Morgan fingerprint density at radius 2 is 1.88 bits per heavy atom. The number of primary amides is 1. The van der Waals surface area contributed by atoms with E-state index in [9.17, 15) is 14.4 Å². The maximum absolute atomic E-state index is 12.4. The van der Waals surface area contributed by atoms with Gasteiger partial charge in [-0.2, -0.15) is 5.10 Å². The fourth-order valence-electron chi connectivity index (χ4n) is 3.08. The van der Waals surface area contributed by atoms with Crippen molar-refractivity contribution in [1.82, 2.24) is 25.4 Å². The second-order valence-corrected chi connectivity index (χ2v) is 7.63. The van der Waals surface area contributed by atoms with Crippen molar-refractivity contribution in [3.8, 4) is 11.4 Å². The lowest BCUT2D eigenvalue weighted by molar-refractivity contribution is -0.121. The van der Waals surface area contributed by atoms with E-state index in [1.807, 2.05) is 35.8 Å². The van der Waals surface area contributed by atoms with E-state index in [4.69, 9.17) is 18.0 Å². The van der Waals surface area contributed by atoms with Crippen LogP contribution in [0.2, 0.25) is 0 Å². The molecule has 3 amide bonds. The lowest BCUT2D eigenvalue weighted by Gasteiger charge is -2.09. The summed E-state index contributed by atoms with van der Waals surface area (Å²) in [7, 11) is 0. The van der Waals surface area contributed by atoms with Crippen molar-refractivity contribution in [2.45, 2.75) is 26.4 Å². The fourth-order valence-corrected chi connectivity index (χ4v) is 3.30. The lowest BCUT2D eigenvalue weighted by atomic mass is 10.1. The number of hydrogen-bond acceptors (Lipinski definition) is 5. The Balaban J connectivity index is 1.53. The molecule has 3 rings (SSSR count). The smallest absolute Gasteiger partial charge is 0.251 e. The number of amides is 3. The van der Waals surface area contributed by atoms with Gasteiger partial charge in [0.05, 0.1) is 6.54 Å². The molecule has 1 aromatic heterocycles. The molecule has 3 aromatic rings. The van der Waals surface area contributed by atoms with Gasteiger partial charge in [0.15, 0.2) is 10.6 Å². The molecule has 0 radical (unpaired) electrons. The first-order chi connectivity index (χ1) is 15.3. The van der Waals surface area contributed by atoms with Gasteiger partial charge in [0.25, 0.3) is 5.91 Å². The molecule has 0 atom stereocenters. The van der Waals surface area contributed by atoms with Crippen molar-refractivity contribution in [3.63, 3.8) is 0 Å². The van der Waals surface area contributed by atoms with Crippen LogP contribution >= 0.6 is 12.2 Å². The molecule has 166 valence electrons. The number of carbonyl (C=O) groups excluding carboxylic acids is 3. The van der Waals surface area contributed by atoms with Gasteiger partial charge in [-0.3, -0.25) is 24.0 Å². The van der Waals surface area contributed by atoms with Gasteiger partial charge in [-0.1, -0.05) is 35.9 Å². The van der Waals surface area contributed by atoms with Gasteiger partial charge in [-0.25, -0.2) is 0 Å². The summed E-state index contributed by atoms with van der Waals surface area (Å²) in [5, 5.41) is 12.4. The molecular weight excluding hydrogens is 428 g/mol. The number of benzene rings is 2. The quantitative estimate of drug-likeness (QED) is 0.368. The number of H-pyrrole nitrogens is 1. The number of carbonyl (C=O) groups is 3. The second kappa shape index (κ2) is 10.5. The predicted molar refractivity (Wildman–Crippen MR) is 122 cm³/mol.